The number of carbonyl (C=O) groups excluding carboxylic acids is 1. The van der Waals surface area contributed by atoms with E-state index in [-0.39, 0.29) is 19.3 Å². The monoisotopic (exact) mass is 253 g/mol. The molecule has 0 saturated heterocycles. The van der Waals surface area contributed by atoms with Gasteiger partial charge in [-0.1, -0.05) is 30.3 Å². The van der Waals surface area contributed by atoms with E-state index in [0.29, 0.717) is 13.0 Å². The number of aliphatic hydroxyl groups is 1. The molecule has 0 aromatic heterocycles. The number of ether oxygens (including phenoxy) is 2. The Bertz CT molecular complexity index is 336. The molecule has 1 atom stereocenters. The molecule has 0 aliphatic rings. The molecule has 18 heavy (non-hydrogen) atoms. The van der Waals surface area contributed by atoms with E-state index in [4.69, 9.17) is 14.6 Å². The summed E-state index contributed by atoms with van der Waals surface area (Å²) in [7, 11) is 1.54. The van der Waals surface area contributed by atoms with Crippen molar-refractivity contribution in [1.82, 2.24) is 5.32 Å². The van der Waals surface area contributed by atoms with Crippen LogP contribution in [0, 0.1) is 0 Å². The molecule has 0 fully saturated rings. The molecule has 100 valence electrons. The number of hydrogen-bond acceptors (Lipinski definition) is 4. The van der Waals surface area contributed by atoms with Crippen LogP contribution < -0.4 is 5.32 Å². The van der Waals surface area contributed by atoms with Gasteiger partial charge in [0.15, 0.2) is 0 Å². The summed E-state index contributed by atoms with van der Waals surface area (Å²) < 4.78 is 10.0. The van der Waals surface area contributed by atoms with Gasteiger partial charge in [-0.05, 0) is 12.0 Å². The summed E-state index contributed by atoms with van der Waals surface area (Å²) in [6.07, 6.45) is -0.0665. The van der Waals surface area contributed by atoms with Crippen molar-refractivity contribution in [2.45, 2.75) is 19.1 Å². The second-order valence-electron chi connectivity index (χ2n) is 3.87. The maximum atomic E-state index is 11.5. The van der Waals surface area contributed by atoms with Crippen molar-refractivity contribution in [2.75, 3.05) is 20.3 Å². The highest BCUT2D eigenvalue weighted by Gasteiger charge is 2.12. The smallest absolute Gasteiger partial charge is 0.407 e. The minimum absolute atomic E-state index is 0.00695. The molecule has 0 saturated carbocycles. The van der Waals surface area contributed by atoms with Crippen molar-refractivity contribution < 1.29 is 19.4 Å². The minimum Gasteiger partial charge on any atom is -0.445 e. The van der Waals surface area contributed by atoms with Crippen molar-refractivity contribution in [3.05, 3.63) is 35.9 Å². The van der Waals surface area contributed by atoms with Crippen LogP contribution in [0.25, 0.3) is 0 Å². The highest BCUT2D eigenvalue weighted by Crippen LogP contribution is 2.01. The van der Waals surface area contributed by atoms with E-state index in [1.807, 2.05) is 30.3 Å². The molecule has 0 unspecified atom stereocenters. The molecule has 0 heterocycles. The lowest BCUT2D eigenvalue weighted by atomic mass is 10.2. The van der Waals surface area contributed by atoms with Crippen LogP contribution in [0.5, 0.6) is 0 Å². The SMILES string of the molecule is COC[C@H](CCO)NC(=O)OCc1ccccc1. The number of benzene rings is 1. The Morgan fingerprint density at radius 2 is 2.11 bits per heavy atom. The lowest BCUT2D eigenvalue weighted by Crippen LogP contribution is -2.38. The van der Waals surface area contributed by atoms with Crippen molar-refractivity contribution in [3.8, 4) is 0 Å². The van der Waals surface area contributed by atoms with Gasteiger partial charge in [0.1, 0.15) is 6.61 Å². The fourth-order valence-electron chi connectivity index (χ4n) is 1.49. The third-order valence-electron chi connectivity index (χ3n) is 2.38. The summed E-state index contributed by atoms with van der Waals surface area (Å²) in [5.74, 6) is 0. The molecule has 0 bridgehead atoms. The summed E-state index contributed by atoms with van der Waals surface area (Å²) in [4.78, 5) is 11.5. The van der Waals surface area contributed by atoms with E-state index in [0.717, 1.165) is 5.56 Å². The maximum absolute atomic E-state index is 11.5. The van der Waals surface area contributed by atoms with Crippen LogP contribution >= 0.6 is 0 Å². The summed E-state index contributed by atoms with van der Waals surface area (Å²) in [5, 5.41) is 11.5. The number of nitrogens with one attached hydrogen (secondary N) is 1. The number of aliphatic hydroxyl groups excluding tert-OH is 1. The number of methoxy groups -OCH3 is 1. The van der Waals surface area contributed by atoms with E-state index < -0.39 is 6.09 Å². The average Bonchev–Trinajstić information content (AvgIpc) is 2.38. The molecule has 0 aliphatic heterocycles. The van der Waals surface area contributed by atoms with Crippen molar-refractivity contribution in [3.63, 3.8) is 0 Å². The van der Waals surface area contributed by atoms with E-state index in [9.17, 15) is 4.79 Å². The second kappa shape index (κ2) is 8.49. The highest BCUT2D eigenvalue weighted by molar-refractivity contribution is 5.67. The molecule has 0 aliphatic carbocycles. The summed E-state index contributed by atoms with van der Waals surface area (Å²) in [5.41, 5.74) is 0.929. The Morgan fingerprint density at radius 3 is 2.72 bits per heavy atom. The number of amides is 1. The van der Waals surface area contributed by atoms with Crippen LogP contribution in [0.15, 0.2) is 30.3 Å². The van der Waals surface area contributed by atoms with Gasteiger partial charge in [-0.2, -0.15) is 0 Å². The number of alkyl carbamates (subject to hydrolysis) is 1. The molecule has 0 spiro atoms. The Kier molecular flexibility index (Phi) is 6.83. The van der Waals surface area contributed by atoms with Gasteiger partial charge in [0.25, 0.3) is 0 Å². The first-order valence-corrected chi connectivity index (χ1v) is 5.83. The molecule has 0 radical (unpaired) electrons. The standard InChI is InChI=1S/C13H19NO4/c1-17-10-12(7-8-15)14-13(16)18-9-11-5-3-2-4-6-11/h2-6,12,15H,7-10H2,1H3,(H,14,16)/t12-/m0/s1. The third kappa shape index (κ3) is 5.65. The van der Waals surface area contributed by atoms with Crippen molar-refractivity contribution >= 4 is 6.09 Å². The Balaban J connectivity index is 2.31. The molecule has 1 amide bonds. The minimum atomic E-state index is -0.505. The molecule has 1 aromatic rings. The zero-order valence-electron chi connectivity index (χ0n) is 10.5. The first-order chi connectivity index (χ1) is 8.76. The average molecular weight is 253 g/mol. The van der Waals surface area contributed by atoms with Gasteiger partial charge < -0.3 is 19.9 Å². The zero-order chi connectivity index (χ0) is 13.2. The summed E-state index contributed by atoms with van der Waals surface area (Å²) >= 11 is 0. The number of carbonyl (C=O) groups is 1. The molecule has 1 aromatic carbocycles. The van der Waals surface area contributed by atoms with E-state index in [1.165, 1.54) is 0 Å². The molecule has 1 rings (SSSR count). The van der Waals surface area contributed by atoms with Crippen LogP contribution in [0.2, 0.25) is 0 Å². The Labute approximate surface area is 107 Å². The molecule has 2 N–H and O–H groups in total. The molecule has 5 nitrogen and oxygen atoms in total. The van der Waals surface area contributed by atoms with Gasteiger partial charge >= 0.3 is 6.09 Å². The van der Waals surface area contributed by atoms with Crippen LogP contribution in [0.3, 0.4) is 0 Å². The fourth-order valence-corrected chi connectivity index (χ4v) is 1.49. The topological polar surface area (TPSA) is 67.8 Å². The van der Waals surface area contributed by atoms with E-state index in [2.05, 4.69) is 5.32 Å². The van der Waals surface area contributed by atoms with Gasteiger partial charge in [0, 0.05) is 13.7 Å². The highest BCUT2D eigenvalue weighted by atomic mass is 16.5. The first-order valence-electron chi connectivity index (χ1n) is 5.83. The fraction of sp³-hybridized carbons (Fsp3) is 0.462. The van der Waals surface area contributed by atoms with Crippen LogP contribution in [0.4, 0.5) is 4.79 Å². The van der Waals surface area contributed by atoms with Gasteiger partial charge in [-0.25, -0.2) is 4.79 Å². The predicted molar refractivity (Wildman–Crippen MR) is 67.1 cm³/mol. The Hall–Kier alpha value is -1.59. The second-order valence-corrected chi connectivity index (χ2v) is 3.87. The predicted octanol–water partition coefficient (Wildman–Crippen LogP) is 1.31. The van der Waals surface area contributed by atoms with Crippen molar-refractivity contribution in [2.24, 2.45) is 0 Å². The molecular formula is C13H19NO4. The largest absolute Gasteiger partial charge is 0.445 e. The Morgan fingerprint density at radius 1 is 1.39 bits per heavy atom. The summed E-state index contributed by atoms with van der Waals surface area (Å²) in [6, 6.07) is 9.20. The van der Waals surface area contributed by atoms with Crippen LogP contribution in [-0.4, -0.2) is 37.6 Å². The number of hydrogen-bond donors (Lipinski definition) is 2. The van der Waals surface area contributed by atoms with E-state index >= 15 is 0 Å². The zero-order valence-corrected chi connectivity index (χ0v) is 10.5. The van der Waals surface area contributed by atoms with Gasteiger partial charge in [0.2, 0.25) is 0 Å². The quantitative estimate of drug-likeness (QED) is 0.769. The first kappa shape index (κ1) is 14.5. The lowest BCUT2D eigenvalue weighted by molar-refractivity contribution is 0.114. The maximum Gasteiger partial charge on any atom is 0.407 e. The summed E-state index contributed by atoms with van der Waals surface area (Å²) in [6.45, 7) is 0.569. The lowest BCUT2D eigenvalue weighted by Gasteiger charge is -2.16. The normalized spacial score (nSPS) is 11.9. The van der Waals surface area contributed by atoms with Crippen LogP contribution in [-0.2, 0) is 16.1 Å². The van der Waals surface area contributed by atoms with Crippen molar-refractivity contribution in [1.29, 1.82) is 0 Å². The van der Waals surface area contributed by atoms with Gasteiger partial charge in [-0.3, -0.25) is 0 Å². The number of rotatable bonds is 7. The third-order valence-corrected chi connectivity index (χ3v) is 2.38. The van der Waals surface area contributed by atoms with Gasteiger partial charge in [0.05, 0.1) is 12.6 Å². The molecule has 5 heteroatoms. The van der Waals surface area contributed by atoms with Crippen LogP contribution in [0.1, 0.15) is 12.0 Å². The van der Waals surface area contributed by atoms with Gasteiger partial charge in [-0.15, -0.1) is 0 Å². The van der Waals surface area contributed by atoms with E-state index in [1.54, 1.807) is 7.11 Å². The molecular weight excluding hydrogens is 234 g/mol.